The number of H-pyrrole nitrogens is 1. The third kappa shape index (κ3) is 2.99. The van der Waals surface area contributed by atoms with E-state index in [1.165, 1.54) is 26.0 Å². The summed E-state index contributed by atoms with van der Waals surface area (Å²) in [6, 6.07) is 6.82. The number of ether oxygens (including phenoxy) is 2. The number of carbonyl (C=O) groups excluding carboxylic acids is 1. The SMILES string of the molecule is COc1ccc(C(=O)Nc2[nH]nc(SC)c2C#N)cc1OC. The van der Waals surface area contributed by atoms with Crippen LogP contribution in [0.4, 0.5) is 5.82 Å². The average molecular weight is 318 g/mol. The molecule has 0 fully saturated rings. The molecule has 0 unspecified atom stereocenters. The molecular weight excluding hydrogens is 304 g/mol. The smallest absolute Gasteiger partial charge is 0.256 e. The molecule has 2 rings (SSSR count). The van der Waals surface area contributed by atoms with Gasteiger partial charge in [0.15, 0.2) is 11.5 Å². The summed E-state index contributed by atoms with van der Waals surface area (Å²) in [5, 5.41) is 18.9. The van der Waals surface area contributed by atoms with Crippen LogP contribution >= 0.6 is 11.8 Å². The van der Waals surface area contributed by atoms with E-state index in [2.05, 4.69) is 15.5 Å². The van der Waals surface area contributed by atoms with E-state index in [0.717, 1.165) is 0 Å². The normalized spacial score (nSPS) is 9.91. The van der Waals surface area contributed by atoms with Crippen LogP contribution in [0, 0.1) is 11.3 Å². The Bertz CT molecular complexity index is 736. The Labute approximate surface area is 131 Å². The Hall–Kier alpha value is -2.66. The molecule has 0 atom stereocenters. The lowest BCUT2D eigenvalue weighted by Gasteiger charge is -2.09. The van der Waals surface area contributed by atoms with Gasteiger partial charge in [-0.15, -0.1) is 11.8 Å². The molecule has 8 heteroatoms. The van der Waals surface area contributed by atoms with Crippen LogP contribution in [0.25, 0.3) is 0 Å². The van der Waals surface area contributed by atoms with Crippen molar-refractivity contribution in [3.05, 3.63) is 29.3 Å². The van der Waals surface area contributed by atoms with Crippen LogP contribution in [0.2, 0.25) is 0 Å². The van der Waals surface area contributed by atoms with Crippen LogP contribution < -0.4 is 14.8 Å². The van der Waals surface area contributed by atoms with E-state index < -0.39 is 0 Å². The first-order chi connectivity index (χ1) is 10.6. The van der Waals surface area contributed by atoms with Gasteiger partial charge in [0.05, 0.1) is 14.2 Å². The highest BCUT2D eigenvalue weighted by molar-refractivity contribution is 7.98. The predicted molar refractivity (Wildman–Crippen MR) is 82.6 cm³/mol. The van der Waals surface area contributed by atoms with E-state index in [9.17, 15) is 4.79 Å². The molecule has 0 saturated carbocycles. The van der Waals surface area contributed by atoms with Crippen LogP contribution in [-0.2, 0) is 0 Å². The molecule has 7 nitrogen and oxygen atoms in total. The van der Waals surface area contributed by atoms with Gasteiger partial charge < -0.3 is 14.8 Å². The monoisotopic (exact) mass is 318 g/mol. The van der Waals surface area contributed by atoms with Gasteiger partial charge in [-0.2, -0.15) is 10.4 Å². The van der Waals surface area contributed by atoms with Crippen molar-refractivity contribution in [3.63, 3.8) is 0 Å². The van der Waals surface area contributed by atoms with Gasteiger partial charge in [-0.1, -0.05) is 0 Å². The van der Waals surface area contributed by atoms with Crippen molar-refractivity contribution in [3.8, 4) is 17.6 Å². The largest absolute Gasteiger partial charge is 0.493 e. The summed E-state index contributed by atoms with van der Waals surface area (Å²) in [5.41, 5.74) is 0.683. The van der Waals surface area contributed by atoms with Gasteiger partial charge in [0.25, 0.3) is 5.91 Å². The molecule has 1 heterocycles. The van der Waals surface area contributed by atoms with Crippen molar-refractivity contribution >= 4 is 23.5 Å². The van der Waals surface area contributed by atoms with E-state index >= 15 is 0 Å². The van der Waals surface area contributed by atoms with Crippen molar-refractivity contribution in [1.82, 2.24) is 10.2 Å². The molecule has 1 aromatic carbocycles. The number of thioether (sulfide) groups is 1. The Kier molecular flexibility index (Phi) is 4.91. The summed E-state index contributed by atoms with van der Waals surface area (Å²) < 4.78 is 10.3. The van der Waals surface area contributed by atoms with Crippen LogP contribution in [0.5, 0.6) is 11.5 Å². The summed E-state index contributed by atoms with van der Waals surface area (Å²) in [6.07, 6.45) is 1.80. The highest BCUT2D eigenvalue weighted by Crippen LogP contribution is 2.28. The van der Waals surface area contributed by atoms with E-state index in [1.54, 1.807) is 24.5 Å². The fraction of sp³-hybridized carbons (Fsp3) is 0.214. The molecule has 2 aromatic rings. The topological polar surface area (TPSA) is 100 Å². The van der Waals surface area contributed by atoms with Gasteiger partial charge in [0.2, 0.25) is 0 Å². The van der Waals surface area contributed by atoms with Crippen LogP contribution in [0.15, 0.2) is 23.2 Å². The number of hydrogen-bond donors (Lipinski definition) is 2. The number of anilines is 1. The van der Waals surface area contributed by atoms with Gasteiger partial charge in [-0.25, -0.2) is 0 Å². The Morgan fingerprint density at radius 2 is 2.09 bits per heavy atom. The molecule has 0 spiro atoms. The lowest BCUT2D eigenvalue weighted by Crippen LogP contribution is -2.13. The molecule has 0 aliphatic heterocycles. The molecule has 22 heavy (non-hydrogen) atoms. The minimum atomic E-state index is -0.381. The second-order valence-electron chi connectivity index (χ2n) is 4.12. The summed E-state index contributed by atoms with van der Waals surface area (Å²) in [4.78, 5) is 12.3. The number of nitrogens with one attached hydrogen (secondary N) is 2. The highest BCUT2D eigenvalue weighted by atomic mass is 32.2. The van der Waals surface area contributed by atoms with Crippen molar-refractivity contribution in [2.75, 3.05) is 25.8 Å². The standard InChI is InChI=1S/C14H14N4O3S/c1-20-10-5-4-8(6-11(10)21-2)13(19)16-12-9(7-15)14(22-3)18-17-12/h4-6H,1-3H3,(H2,16,17,18,19). The maximum Gasteiger partial charge on any atom is 0.256 e. The minimum Gasteiger partial charge on any atom is -0.493 e. The predicted octanol–water partition coefficient (Wildman–Crippen LogP) is 2.27. The molecule has 1 amide bonds. The molecular formula is C14H14N4O3S. The first-order valence-electron chi connectivity index (χ1n) is 6.20. The Morgan fingerprint density at radius 3 is 2.68 bits per heavy atom. The number of nitriles is 1. The van der Waals surface area contributed by atoms with Gasteiger partial charge in [0, 0.05) is 5.56 Å². The van der Waals surface area contributed by atoms with Crippen molar-refractivity contribution in [2.24, 2.45) is 0 Å². The molecule has 0 radical (unpaired) electrons. The quantitative estimate of drug-likeness (QED) is 0.820. The summed E-state index contributed by atoms with van der Waals surface area (Å²) in [5.74, 6) is 0.869. The molecule has 0 saturated heterocycles. The van der Waals surface area contributed by atoms with Crippen LogP contribution in [-0.4, -0.2) is 36.6 Å². The zero-order chi connectivity index (χ0) is 16.1. The summed E-state index contributed by atoms with van der Waals surface area (Å²) >= 11 is 1.32. The van der Waals surface area contributed by atoms with E-state index in [4.69, 9.17) is 14.7 Å². The van der Waals surface area contributed by atoms with Gasteiger partial charge in [-0.3, -0.25) is 9.89 Å². The number of aromatic amines is 1. The highest BCUT2D eigenvalue weighted by Gasteiger charge is 2.16. The van der Waals surface area contributed by atoms with Gasteiger partial charge in [-0.05, 0) is 24.5 Å². The number of methoxy groups -OCH3 is 2. The van der Waals surface area contributed by atoms with Crippen molar-refractivity contribution in [1.29, 1.82) is 5.26 Å². The third-order valence-electron chi connectivity index (χ3n) is 2.92. The maximum absolute atomic E-state index is 12.3. The average Bonchev–Trinajstić information content (AvgIpc) is 2.95. The van der Waals surface area contributed by atoms with E-state index in [1.807, 2.05) is 6.07 Å². The van der Waals surface area contributed by atoms with Gasteiger partial charge >= 0.3 is 0 Å². The minimum absolute atomic E-state index is 0.270. The second kappa shape index (κ2) is 6.87. The number of amides is 1. The fourth-order valence-electron chi connectivity index (χ4n) is 1.83. The van der Waals surface area contributed by atoms with Crippen molar-refractivity contribution < 1.29 is 14.3 Å². The first kappa shape index (κ1) is 15.7. The molecule has 1 aromatic heterocycles. The lowest BCUT2D eigenvalue weighted by atomic mass is 10.2. The zero-order valence-corrected chi connectivity index (χ0v) is 13.1. The molecule has 0 bridgehead atoms. The lowest BCUT2D eigenvalue weighted by molar-refractivity contribution is 0.102. The molecule has 0 aliphatic carbocycles. The van der Waals surface area contributed by atoms with E-state index in [-0.39, 0.29) is 11.7 Å². The number of aromatic nitrogens is 2. The molecule has 114 valence electrons. The van der Waals surface area contributed by atoms with Crippen LogP contribution in [0.3, 0.4) is 0 Å². The number of carbonyl (C=O) groups is 1. The number of hydrogen-bond acceptors (Lipinski definition) is 6. The maximum atomic E-state index is 12.3. The summed E-state index contributed by atoms with van der Waals surface area (Å²) in [6.45, 7) is 0. The third-order valence-corrected chi connectivity index (χ3v) is 3.60. The summed E-state index contributed by atoms with van der Waals surface area (Å²) in [7, 11) is 3.01. The molecule has 0 aliphatic rings. The van der Waals surface area contributed by atoms with Gasteiger partial charge in [0.1, 0.15) is 22.5 Å². The number of rotatable bonds is 5. The number of benzene rings is 1. The van der Waals surface area contributed by atoms with E-state index in [0.29, 0.717) is 27.7 Å². The molecule has 2 N–H and O–H groups in total. The Balaban J connectivity index is 2.26. The van der Waals surface area contributed by atoms with Crippen LogP contribution in [0.1, 0.15) is 15.9 Å². The zero-order valence-electron chi connectivity index (χ0n) is 12.3. The number of nitrogens with zero attached hydrogens (tertiary/aromatic N) is 2. The second-order valence-corrected chi connectivity index (χ2v) is 4.91. The van der Waals surface area contributed by atoms with Crippen molar-refractivity contribution in [2.45, 2.75) is 5.03 Å². The first-order valence-corrected chi connectivity index (χ1v) is 7.42. The Morgan fingerprint density at radius 1 is 1.36 bits per heavy atom. The fourth-order valence-corrected chi connectivity index (χ4v) is 2.32.